The minimum absolute atomic E-state index is 0.128. The smallest absolute Gasteiger partial charge is 0.309 e. The average Bonchev–Trinajstić information content (AvgIpc) is 2.48. The zero-order valence-corrected chi connectivity index (χ0v) is 11.8. The molecule has 0 aliphatic heterocycles. The first-order chi connectivity index (χ1) is 9.66. The molecule has 1 aromatic rings. The highest BCUT2D eigenvalue weighted by molar-refractivity contribution is 6.35. The quantitative estimate of drug-likeness (QED) is 0.819. The van der Waals surface area contributed by atoms with Crippen molar-refractivity contribution < 1.29 is 9.59 Å². The van der Waals surface area contributed by atoms with Crippen LogP contribution in [0.4, 0.5) is 0 Å². The molecule has 0 bridgehead atoms. The van der Waals surface area contributed by atoms with Crippen LogP contribution in [0, 0.1) is 5.92 Å². The van der Waals surface area contributed by atoms with E-state index in [2.05, 4.69) is 22.5 Å². The molecule has 0 radical (unpaired) electrons. The van der Waals surface area contributed by atoms with Crippen LogP contribution in [0.5, 0.6) is 0 Å². The molecular formula is C15H21N3O2. The van der Waals surface area contributed by atoms with Gasteiger partial charge in [-0.25, -0.2) is 0 Å². The predicted molar refractivity (Wildman–Crippen MR) is 75.6 cm³/mol. The molecule has 2 N–H and O–H groups in total. The molecular weight excluding hydrogens is 254 g/mol. The van der Waals surface area contributed by atoms with Crippen molar-refractivity contribution >= 4 is 11.8 Å². The molecule has 1 aromatic heterocycles. The average molecular weight is 275 g/mol. The van der Waals surface area contributed by atoms with Crippen molar-refractivity contribution in [1.29, 1.82) is 0 Å². The van der Waals surface area contributed by atoms with Gasteiger partial charge in [0.2, 0.25) is 0 Å². The van der Waals surface area contributed by atoms with E-state index in [0.29, 0.717) is 12.5 Å². The number of amides is 2. The second-order valence-corrected chi connectivity index (χ2v) is 5.38. The van der Waals surface area contributed by atoms with Gasteiger partial charge in [-0.05, 0) is 36.5 Å². The lowest BCUT2D eigenvalue weighted by Gasteiger charge is -2.29. The Morgan fingerprint density at radius 1 is 1.20 bits per heavy atom. The molecule has 0 aromatic carbocycles. The maximum absolute atomic E-state index is 11.8. The second-order valence-electron chi connectivity index (χ2n) is 5.38. The van der Waals surface area contributed by atoms with Crippen LogP contribution >= 0.6 is 0 Å². The Kier molecular flexibility index (Phi) is 5.09. The van der Waals surface area contributed by atoms with Gasteiger partial charge in [0.1, 0.15) is 0 Å². The number of hydrogen-bond acceptors (Lipinski definition) is 3. The van der Waals surface area contributed by atoms with Crippen LogP contribution in [-0.4, -0.2) is 22.8 Å². The van der Waals surface area contributed by atoms with Gasteiger partial charge in [0.15, 0.2) is 0 Å². The highest BCUT2D eigenvalue weighted by Gasteiger charge is 2.25. The van der Waals surface area contributed by atoms with Crippen molar-refractivity contribution in [2.45, 2.75) is 45.2 Å². The fourth-order valence-corrected chi connectivity index (χ4v) is 2.53. The van der Waals surface area contributed by atoms with E-state index in [1.807, 2.05) is 0 Å². The number of carbonyl (C=O) groups excluding carboxylic acids is 2. The number of nitrogens with zero attached hydrogens (tertiary/aromatic N) is 1. The van der Waals surface area contributed by atoms with Crippen molar-refractivity contribution in [3.63, 3.8) is 0 Å². The van der Waals surface area contributed by atoms with Crippen LogP contribution in [0.25, 0.3) is 0 Å². The Morgan fingerprint density at radius 2 is 1.90 bits per heavy atom. The van der Waals surface area contributed by atoms with Crippen molar-refractivity contribution in [2.24, 2.45) is 5.92 Å². The lowest BCUT2D eigenvalue weighted by molar-refractivity contribution is -0.140. The molecule has 5 nitrogen and oxygen atoms in total. The van der Waals surface area contributed by atoms with Crippen LogP contribution in [0.15, 0.2) is 24.5 Å². The summed E-state index contributed by atoms with van der Waals surface area (Å²) in [5.41, 5.74) is 0.923. The first-order valence-electron chi connectivity index (χ1n) is 7.14. The maximum Gasteiger partial charge on any atom is 0.309 e. The van der Waals surface area contributed by atoms with Crippen LogP contribution in [0.3, 0.4) is 0 Å². The molecule has 2 rings (SSSR count). The van der Waals surface area contributed by atoms with Gasteiger partial charge in [0.25, 0.3) is 0 Å². The minimum atomic E-state index is -0.570. The van der Waals surface area contributed by atoms with E-state index >= 15 is 0 Å². The third-order valence-electron chi connectivity index (χ3n) is 3.84. The zero-order valence-electron chi connectivity index (χ0n) is 11.8. The van der Waals surface area contributed by atoms with Gasteiger partial charge in [-0.2, -0.15) is 0 Å². The highest BCUT2D eigenvalue weighted by Crippen LogP contribution is 2.23. The number of rotatable bonds is 3. The molecule has 0 spiro atoms. The molecule has 2 atom stereocenters. The molecule has 1 aliphatic carbocycles. The Morgan fingerprint density at radius 3 is 2.60 bits per heavy atom. The van der Waals surface area contributed by atoms with Gasteiger partial charge < -0.3 is 10.6 Å². The van der Waals surface area contributed by atoms with Gasteiger partial charge in [-0.3, -0.25) is 14.6 Å². The van der Waals surface area contributed by atoms with E-state index in [-0.39, 0.29) is 6.04 Å². The van der Waals surface area contributed by atoms with E-state index in [9.17, 15) is 9.59 Å². The maximum atomic E-state index is 11.8. The zero-order chi connectivity index (χ0) is 14.4. The molecule has 5 heteroatoms. The molecule has 1 heterocycles. The highest BCUT2D eigenvalue weighted by atomic mass is 16.2. The number of pyridine rings is 1. The molecule has 1 saturated carbocycles. The van der Waals surface area contributed by atoms with E-state index in [4.69, 9.17) is 0 Å². The topological polar surface area (TPSA) is 71.1 Å². The van der Waals surface area contributed by atoms with Gasteiger partial charge in [-0.15, -0.1) is 0 Å². The van der Waals surface area contributed by atoms with E-state index < -0.39 is 11.8 Å². The van der Waals surface area contributed by atoms with Gasteiger partial charge >= 0.3 is 11.8 Å². The largest absolute Gasteiger partial charge is 0.345 e. The number of carbonyl (C=O) groups is 2. The van der Waals surface area contributed by atoms with E-state index in [1.54, 1.807) is 24.5 Å². The minimum Gasteiger partial charge on any atom is -0.345 e. The van der Waals surface area contributed by atoms with Gasteiger partial charge in [0.05, 0.1) is 0 Å². The van der Waals surface area contributed by atoms with Crippen LogP contribution in [0.2, 0.25) is 0 Å². The summed E-state index contributed by atoms with van der Waals surface area (Å²) in [5, 5.41) is 5.47. The monoisotopic (exact) mass is 275 g/mol. The molecule has 0 unspecified atom stereocenters. The van der Waals surface area contributed by atoms with Crippen molar-refractivity contribution in [1.82, 2.24) is 15.6 Å². The summed E-state index contributed by atoms with van der Waals surface area (Å²) in [6, 6.07) is 3.74. The molecule has 2 amide bonds. The third-order valence-corrected chi connectivity index (χ3v) is 3.84. The lowest BCUT2D eigenvalue weighted by Crippen LogP contribution is -2.47. The summed E-state index contributed by atoms with van der Waals surface area (Å²) >= 11 is 0. The number of nitrogens with one attached hydrogen (secondary N) is 2. The van der Waals surface area contributed by atoms with Gasteiger partial charge in [-0.1, -0.05) is 19.8 Å². The van der Waals surface area contributed by atoms with Crippen molar-refractivity contribution in [2.75, 3.05) is 0 Å². The Bertz CT molecular complexity index is 461. The van der Waals surface area contributed by atoms with Crippen LogP contribution in [-0.2, 0) is 16.1 Å². The molecule has 1 aliphatic rings. The van der Waals surface area contributed by atoms with E-state index in [1.165, 1.54) is 6.42 Å². The molecule has 108 valence electrons. The number of hydrogen-bond donors (Lipinski definition) is 2. The fourth-order valence-electron chi connectivity index (χ4n) is 2.53. The number of aromatic nitrogens is 1. The first kappa shape index (κ1) is 14.5. The Labute approximate surface area is 119 Å². The Balaban J connectivity index is 1.78. The summed E-state index contributed by atoms with van der Waals surface area (Å²) in [5.74, 6) is -0.655. The summed E-state index contributed by atoms with van der Waals surface area (Å²) in [6.45, 7) is 2.47. The van der Waals surface area contributed by atoms with Crippen LogP contribution < -0.4 is 10.6 Å². The molecule has 0 saturated heterocycles. The van der Waals surface area contributed by atoms with Crippen molar-refractivity contribution in [3.8, 4) is 0 Å². The lowest BCUT2D eigenvalue weighted by atomic mass is 9.86. The van der Waals surface area contributed by atoms with Crippen LogP contribution in [0.1, 0.15) is 38.2 Å². The first-order valence-corrected chi connectivity index (χ1v) is 7.14. The van der Waals surface area contributed by atoms with Crippen molar-refractivity contribution in [3.05, 3.63) is 30.1 Å². The van der Waals surface area contributed by atoms with Gasteiger partial charge in [0, 0.05) is 25.0 Å². The molecule has 1 fully saturated rings. The Hall–Kier alpha value is -1.91. The summed E-state index contributed by atoms with van der Waals surface area (Å²) in [4.78, 5) is 27.5. The predicted octanol–water partition coefficient (Wildman–Crippen LogP) is 1.39. The summed E-state index contributed by atoms with van der Waals surface area (Å²) in [7, 11) is 0. The standard InChI is InChI=1S/C15H21N3O2/c1-11-4-2-3-5-13(11)18-15(20)14(19)17-10-12-6-8-16-9-7-12/h6-9,11,13H,2-5,10H2,1H3,(H,17,19)(H,18,20)/t11-,13+/m1/s1. The fraction of sp³-hybridized carbons (Fsp3) is 0.533. The SMILES string of the molecule is C[C@@H]1CCCC[C@@H]1NC(=O)C(=O)NCc1ccncc1. The van der Waals surface area contributed by atoms with E-state index in [0.717, 1.165) is 24.8 Å². The summed E-state index contributed by atoms with van der Waals surface area (Å²) in [6.07, 6.45) is 7.72. The third kappa shape index (κ3) is 4.05. The summed E-state index contributed by atoms with van der Waals surface area (Å²) < 4.78 is 0. The second kappa shape index (κ2) is 7.03. The normalized spacial score (nSPS) is 22.1. The molecule has 20 heavy (non-hydrogen) atoms.